The van der Waals surface area contributed by atoms with E-state index in [0.717, 1.165) is 44.3 Å². The average molecular weight is 314 g/mol. The molecule has 0 aliphatic rings. The van der Waals surface area contributed by atoms with Crippen LogP contribution in [0, 0.1) is 11.2 Å². The quantitative estimate of drug-likeness (QED) is 0.554. The Morgan fingerprint density at radius 1 is 1.19 bits per heavy atom. The zero-order valence-electron chi connectivity index (χ0n) is 13.6. The largest absolute Gasteiger partial charge is 0.316 e. The molecule has 1 aromatic carbocycles. The van der Waals surface area contributed by atoms with Crippen LogP contribution in [0.1, 0.15) is 58.4 Å². The van der Waals surface area contributed by atoms with Crippen molar-refractivity contribution in [3.63, 3.8) is 0 Å². The Morgan fingerprint density at radius 3 is 2.57 bits per heavy atom. The van der Waals surface area contributed by atoms with Crippen molar-refractivity contribution in [3.05, 3.63) is 34.6 Å². The van der Waals surface area contributed by atoms with E-state index in [1.54, 1.807) is 12.1 Å². The second-order valence-corrected chi connectivity index (χ2v) is 6.48. The van der Waals surface area contributed by atoms with Crippen LogP contribution in [0.2, 0.25) is 5.02 Å². The molecule has 0 aliphatic carbocycles. The molecule has 1 rings (SSSR count). The Hall–Kier alpha value is -0.600. The molecule has 1 N–H and O–H groups in total. The van der Waals surface area contributed by atoms with Gasteiger partial charge in [0, 0.05) is 11.6 Å². The van der Waals surface area contributed by atoms with Crippen LogP contribution >= 0.6 is 11.6 Å². The maximum Gasteiger partial charge on any atom is 0.126 e. The van der Waals surface area contributed by atoms with E-state index in [2.05, 4.69) is 26.1 Å². The summed E-state index contributed by atoms with van der Waals surface area (Å²) in [6.45, 7) is 8.56. The number of hydrogen-bond acceptors (Lipinski definition) is 1. The zero-order valence-corrected chi connectivity index (χ0v) is 14.4. The molecule has 21 heavy (non-hydrogen) atoms. The molecule has 1 unspecified atom stereocenters. The summed E-state index contributed by atoms with van der Waals surface area (Å²) in [5, 5.41) is 4.15. The van der Waals surface area contributed by atoms with Crippen molar-refractivity contribution in [2.24, 2.45) is 5.41 Å². The summed E-state index contributed by atoms with van der Waals surface area (Å²) in [5.74, 6) is -0.135. The van der Waals surface area contributed by atoms with E-state index >= 15 is 0 Å². The van der Waals surface area contributed by atoms with Gasteiger partial charge in [-0.1, -0.05) is 45.2 Å². The lowest BCUT2D eigenvalue weighted by Gasteiger charge is -2.34. The Labute approximate surface area is 134 Å². The summed E-state index contributed by atoms with van der Waals surface area (Å²) >= 11 is 6.04. The first-order chi connectivity index (χ1) is 10.1. The molecule has 0 bridgehead atoms. The summed E-state index contributed by atoms with van der Waals surface area (Å²) in [7, 11) is 0. The molecular weight excluding hydrogens is 285 g/mol. The monoisotopic (exact) mass is 313 g/mol. The minimum absolute atomic E-state index is 0.122. The van der Waals surface area contributed by atoms with Gasteiger partial charge in [0.2, 0.25) is 0 Å². The van der Waals surface area contributed by atoms with Crippen molar-refractivity contribution >= 4 is 11.6 Å². The first-order valence-electron chi connectivity index (χ1n) is 8.21. The van der Waals surface area contributed by atoms with Crippen LogP contribution in [0.15, 0.2) is 18.2 Å². The summed E-state index contributed by atoms with van der Waals surface area (Å²) < 4.78 is 14.1. The lowest BCUT2D eigenvalue weighted by molar-refractivity contribution is 0.227. The molecule has 0 radical (unpaired) electrons. The van der Waals surface area contributed by atoms with Crippen LogP contribution in [0.25, 0.3) is 0 Å². The number of nitrogens with one attached hydrogen (secondary N) is 1. The smallest absolute Gasteiger partial charge is 0.126 e. The van der Waals surface area contributed by atoms with Gasteiger partial charge in [-0.25, -0.2) is 4.39 Å². The first kappa shape index (κ1) is 18.4. The fourth-order valence-electron chi connectivity index (χ4n) is 2.83. The molecule has 1 aromatic rings. The normalized spacial score (nSPS) is 14.1. The number of halogens is 2. The van der Waals surface area contributed by atoms with Crippen molar-refractivity contribution in [1.82, 2.24) is 5.32 Å². The Morgan fingerprint density at radius 2 is 1.95 bits per heavy atom. The number of rotatable bonds is 10. The molecule has 0 saturated heterocycles. The van der Waals surface area contributed by atoms with Gasteiger partial charge in [0.05, 0.1) is 0 Å². The fraction of sp³-hybridized carbons (Fsp3) is 0.667. The molecule has 0 amide bonds. The number of hydrogen-bond donors (Lipinski definition) is 1. The molecule has 0 spiro atoms. The van der Waals surface area contributed by atoms with Crippen molar-refractivity contribution in [3.8, 4) is 0 Å². The van der Waals surface area contributed by atoms with Crippen molar-refractivity contribution in [1.29, 1.82) is 0 Å². The first-order valence-corrected chi connectivity index (χ1v) is 8.59. The Kier molecular flexibility index (Phi) is 8.28. The highest BCUT2D eigenvalue weighted by Crippen LogP contribution is 2.34. The van der Waals surface area contributed by atoms with Gasteiger partial charge in [0.25, 0.3) is 0 Å². The SMILES string of the molecule is CCCCC(CC)(CNCCC)Cc1cc(Cl)ccc1F. The summed E-state index contributed by atoms with van der Waals surface area (Å²) in [4.78, 5) is 0. The van der Waals surface area contributed by atoms with Gasteiger partial charge in [0.15, 0.2) is 0 Å². The van der Waals surface area contributed by atoms with E-state index in [1.807, 2.05) is 0 Å². The van der Waals surface area contributed by atoms with Gasteiger partial charge < -0.3 is 5.32 Å². The summed E-state index contributed by atoms with van der Waals surface area (Å²) in [6, 6.07) is 4.89. The van der Waals surface area contributed by atoms with E-state index in [0.29, 0.717) is 5.02 Å². The summed E-state index contributed by atoms with van der Waals surface area (Å²) in [6.07, 6.45) is 6.42. The van der Waals surface area contributed by atoms with Crippen molar-refractivity contribution in [2.75, 3.05) is 13.1 Å². The number of benzene rings is 1. The van der Waals surface area contributed by atoms with Crippen LogP contribution in [-0.4, -0.2) is 13.1 Å². The van der Waals surface area contributed by atoms with E-state index < -0.39 is 0 Å². The minimum Gasteiger partial charge on any atom is -0.316 e. The minimum atomic E-state index is -0.135. The van der Waals surface area contributed by atoms with Gasteiger partial charge in [-0.2, -0.15) is 0 Å². The molecule has 3 heteroatoms. The second-order valence-electron chi connectivity index (χ2n) is 6.05. The third-order valence-electron chi connectivity index (χ3n) is 4.31. The van der Waals surface area contributed by atoms with Gasteiger partial charge in [-0.3, -0.25) is 0 Å². The van der Waals surface area contributed by atoms with Crippen LogP contribution in [0.4, 0.5) is 4.39 Å². The average Bonchev–Trinajstić information content (AvgIpc) is 2.48. The van der Waals surface area contributed by atoms with E-state index in [-0.39, 0.29) is 11.2 Å². The van der Waals surface area contributed by atoms with Crippen LogP contribution in [0.5, 0.6) is 0 Å². The molecule has 0 heterocycles. The molecule has 0 saturated carbocycles. The third kappa shape index (κ3) is 5.96. The molecule has 1 atom stereocenters. The number of unbranched alkanes of at least 4 members (excludes halogenated alkanes) is 1. The molecule has 1 nitrogen and oxygen atoms in total. The lowest BCUT2D eigenvalue weighted by Crippen LogP contribution is -2.36. The van der Waals surface area contributed by atoms with Gasteiger partial charge in [0.1, 0.15) is 5.82 Å². The van der Waals surface area contributed by atoms with Crippen LogP contribution < -0.4 is 5.32 Å². The second kappa shape index (κ2) is 9.42. The van der Waals surface area contributed by atoms with Crippen molar-refractivity contribution in [2.45, 2.75) is 59.3 Å². The van der Waals surface area contributed by atoms with E-state index in [1.165, 1.54) is 18.9 Å². The standard InChI is InChI=1S/C18H29ClFN/c1-4-7-10-18(6-3,14-21-11-5-2)13-15-12-16(19)8-9-17(15)20/h8-9,12,21H,4-7,10-11,13-14H2,1-3H3. The van der Waals surface area contributed by atoms with Gasteiger partial charge in [-0.05, 0) is 61.4 Å². The third-order valence-corrected chi connectivity index (χ3v) is 4.55. The Balaban J connectivity index is 2.90. The van der Waals surface area contributed by atoms with E-state index in [9.17, 15) is 4.39 Å². The lowest BCUT2D eigenvalue weighted by atomic mass is 9.75. The maximum absolute atomic E-state index is 14.1. The van der Waals surface area contributed by atoms with Crippen molar-refractivity contribution < 1.29 is 4.39 Å². The predicted molar refractivity (Wildman–Crippen MR) is 90.5 cm³/mol. The predicted octanol–water partition coefficient (Wildman–Crippen LogP) is 5.61. The van der Waals surface area contributed by atoms with Crippen LogP contribution in [-0.2, 0) is 6.42 Å². The summed E-state index contributed by atoms with van der Waals surface area (Å²) in [5.41, 5.74) is 0.871. The van der Waals surface area contributed by atoms with Crippen LogP contribution in [0.3, 0.4) is 0 Å². The topological polar surface area (TPSA) is 12.0 Å². The molecular formula is C18H29ClFN. The highest BCUT2D eigenvalue weighted by atomic mass is 35.5. The van der Waals surface area contributed by atoms with Gasteiger partial charge >= 0.3 is 0 Å². The molecule has 0 fully saturated rings. The molecule has 0 aromatic heterocycles. The van der Waals surface area contributed by atoms with E-state index in [4.69, 9.17) is 11.6 Å². The Bertz CT molecular complexity index is 422. The van der Waals surface area contributed by atoms with Gasteiger partial charge in [-0.15, -0.1) is 0 Å². The maximum atomic E-state index is 14.1. The highest BCUT2D eigenvalue weighted by Gasteiger charge is 2.28. The fourth-order valence-corrected chi connectivity index (χ4v) is 3.03. The highest BCUT2D eigenvalue weighted by molar-refractivity contribution is 6.30. The molecule has 120 valence electrons. The molecule has 0 aliphatic heterocycles. The zero-order chi connectivity index (χ0) is 15.7.